The zero-order valence-electron chi connectivity index (χ0n) is 20.3. The van der Waals surface area contributed by atoms with Crippen LogP contribution < -0.4 is 14.8 Å². The van der Waals surface area contributed by atoms with Gasteiger partial charge in [-0.1, -0.05) is 23.7 Å². The molecule has 3 rings (SSSR count). The third-order valence-corrected chi connectivity index (χ3v) is 6.09. The van der Waals surface area contributed by atoms with E-state index in [-0.39, 0.29) is 45.9 Å². The first kappa shape index (κ1) is 28.5. The molecule has 0 unspecified atom stereocenters. The van der Waals surface area contributed by atoms with E-state index in [0.29, 0.717) is 17.3 Å². The predicted molar refractivity (Wildman–Crippen MR) is 139 cm³/mol. The normalized spacial score (nSPS) is 14.0. The lowest BCUT2D eigenvalue weighted by atomic mass is 10.1. The van der Waals surface area contributed by atoms with Crippen molar-refractivity contribution < 1.29 is 43.3 Å². The van der Waals surface area contributed by atoms with Crippen molar-refractivity contribution >= 4 is 64.1 Å². The Kier molecular flexibility index (Phi) is 9.74. The molecule has 200 valence electrons. The fraction of sp³-hybridized carbons (Fsp3) is 0.240. The number of rotatable bonds is 11. The summed E-state index contributed by atoms with van der Waals surface area (Å²) in [7, 11) is 0. The molecule has 0 aliphatic carbocycles. The minimum atomic E-state index is -1.20. The highest BCUT2D eigenvalue weighted by atomic mass is 35.5. The summed E-state index contributed by atoms with van der Waals surface area (Å²) in [4.78, 5) is 61.9. The standard InChI is InChI=1S/C25H23ClN2O9S/c1-3-35-18-7-5-6-14(22(18)37-13-21(30)31)10-19-23(32)28(25(34)38-19)12-20(29)27-15-8-9-17(26)16(11-15)24(33)36-4-2/h5-11H,3-4,12-13H2,1-2H3,(H,27,29)(H,30,31)/b19-10-. The molecule has 1 aliphatic heterocycles. The van der Waals surface area contributed by atoms with Gasteiger partial charge in [0.15, 0.2) is 18.1 Å². The van der Waals surface area contributed by atoms with Gasteiger partial charge in [0.1, 0.15) is 6.54 Å². The quantitative estimate of drug-likeness (QED) is 0.303. The fourth-order valence-electron chi connectivity index (χ4n) is 3.29. The number of hydrogen-bond donors (Lipinski definition) is 2. The number of thioether (sulfide) groups is 1. The maximum atomic E-state index is 12.9. The second kappa shape index (κ2) is 13.0. The average molecular weight is 563 g/mol. The summed E-state index contributed by atoms with van der Waals surface area (Å²) >= 11 is 6.65. The summed E-state index contributed by atoms with van der Waals surface area (Å²) in [6.45, 7) is 2.58. The molecule has 1 heterocycles. The van der Waals surface area contributed by atoms with Gasteiger partial charge in [-0.15, -0.1) is 0 Å². The van der Waals surface area contributed by atoms with E-state index in [4.69, 9.17) is 30.9 Å². The number of para-hydroxylation sites is 1. The van der Waals surface area contributed by atoms with Gasteiger partial charge in [0.2, 0.25) is 5.91 Å². The summed E-state index contributed by atoms with van der Waals surface area (Å²) in [5, 5.41) is 11.0. The molecule has 0 saturated carbocycles. The van der Waals surface area contributed by atoms with E-state index in [9.17, 15) is 24.0 Å². The molecule has 1 fully saturated rings. The van der Waals surface area contributed by atoms with Crippen LogP contribution in [0, 0.1) is 0 Å². The molecule has 13 heteroatoms. The maximum absolute atomic E-state index is 12.9. The molecular weight excluding hydrogens is 540 g/mol. The van der Waals surface area contributed by atoms with Crippen LogP contribution >= 0.6 is 23.4 Å². The largest absolute Gasteiger partial charge is 0.490 e. The maximum Gasteiger partial charge on any atom is 0.341 e. The second-order valence-electron chi connectivity index (χ2n) is 7.52. The molecule has 3 amide bonds. The highest BCUT2D eigenvalue weighted by molar-refractivity contribution is 8.18. The predicted octanol–water partition coefficient (Wildman–Crippen LogP) is 4.05. The third-order valence-electron chi connectivity index (χ3n) is 4.86. The highest BCUT2D eigenvalue weighted by Gasteiger charge is 2.36. The van der Waals surface area contributed by atoms with Gasteiger partial charge in [-0.25, -0.2) is 9.59 Å². The van der Waals surface area contributed by atoms with E-state index in [1.54, 1.807) is 32.0 Å². The molecule has 0 atom stereocenters. The van der Waals surface area contributed by atoms with Crippen LogP contribution in [0.15, 0.2) is 41.3 Å². The van der Waals surface area contributed by atoms with E-state index >= 15 is 0 Å². The molecule has 11 nitrogen and oxygen atoms in total. The van der Waals surface area contributed by atoms with Gasteiger partial charge in [-0.3, -0.25) is 19.3 Å². The Morgan fingerprint density at radius 2 is 1.87 bits per heavy atom. The Morgan fingerprint density at radius 3 is 2.55 bits per heavy atom. The summed E-state index contributed by atoms with van der Waals surface area (Å²) in [6.07, 6.45) is 1.37. The van der Waals surface area contributed by atoms with Crippen LogP contribution in [0.25, 0.3) is 6.08 Å². The Hall–Kier alpha value is -4.03. The van der Waals surface area contributed by atoms with Gasteiger partial charge in [0.25, 0.3) is 11.1 Å². The van der Waals surface area contributed by atoms with Crippen LogP contribution in [0.2, 0.25) is 5.02 Å². The Bertz CT molecular complexity index is 1310. The molecule has 2 aromatic carbocycles. The lowest BCUT2D eigenvalue weighted by Gasteiger charge is -2.14. The van der Waals surface area contributed by atoms with E-state index in [0.717, 1.165) is 4.90 Å². The van der Waals surface area contributed by atoms with E-state index in [1.807, 2.05) is 0 Å². The number of carbonyl (C=O) groups is 5. The minimum Gasteiger partial charge on any atom is -0.490 e. The first-order valence-electron chi connectivity index (χ1n) is 11.3. The molecule has 1 saturated heterocycles. The number of nitrogens with zero attached hydrogens (tertiary/aromatic N) is 1. The zero-order valence-corrected chi connectivity index (χ0v) is 21.9. The SMILES string of the molecule is CCOC(=O)c1cc(NC(=O)CN2C(=O)S/C(=C\c3cccc(OCC)c3OCC(=O)O)C2=O)ccc1Cl. The van der Waals surface area contributed by atoms with Crippen molar-refractivity contribution in [3.63, 3.8) is 0 Å². The number of hydrogen-bond acceptors (Lipinski definition) is 9. The summed E-state index contributed by atoms with van der Waals surface area (Å²) in [6, 6.07) is 8.97. The van der Waals surface area contributed by atoms with Gasteiger partial charge >= 0.3 is 11.9 Å². The number of esters is 1. The van der Waals surface area contributed by atoms with Gasteiger partial charge in [-0.05, 0) is 56.0 Å². The van der Waals surface area contributed by atoms with Gasteiger partial charge in [0.05, 0.1) is 28.7 Å². The first-order chi connectivity index (χ1) is 18.1. The van der Waals surface area contributed by atoms with Crippen molar-refractivity contribution in [2.75, 3.05) is 31.7 Å². The summed E-state index contributed by atoms with van der Waals surface area (Å²) in [5.41, 5.74) is 0.591. The topological polar surface area (TPSA) is 149 Å². The van der Waals surface area contributed by atoms with Crippen LogP contribution in [0.4, 0.5) is 10.5 Å². The monoisotopic (exact) mass is 562 g/mol. The van der Waals surface area contributed by atoms with Crippen molar-refractivity contribution in [1.29, 1.82) is 0 Å². The molecular formula is C25H23ClN2O9S. The molecule has 0 spiro atoms. The Morgan fingerprint density at radius 1 is 1.11 bits per heavy atom. The number of anilines is 1. The molecule has 2 aromatic rings. The van der Waals surface area contributed by atoms with Crippen molar-refractivity contribution in [2.45, 2.75) is 13.8 Å². The van der Waals surface area contributed by atoms with Crippen molar-refractivity contribution in [2.24, 2.45) is 0 Å². The molecule has 1 aliphatic rings. The second-order valence-corrected chi connectivity index (χ2v) is 8.92. The molecule has 38 heavy (non-hydrogen) atoms. The number of imide groups is 1. The number of carboxylic acid groups (broad SMARTS) is 1. The van der Waals surface area contributed by atoms with Crippen molar-refractivity contribution in [3.8, 4) is 11.5 Å². The average Bonchev–Trinajstić information content (AvgIpc) is 3.12. The van der Waals surface area contributed by atoms with Crippen LogP contribution in [0.5, 0.6) is 11.5 Å². The number of aliphatic carboxylic acids is 1. The number of nitrogens with one attached hydrogen (secondary N) is 1. The molecule has 2 N–H and O–H groups in total. The number of halogens is 1. The van der Waals surface area contributed by atoms with Crippen LogP contribution in [-0.2, 0) is 19.1 Å². The number of ether oxygens (including phenoxy) is 3. The highest BCUT2D eigenvalue weighted by Crippen LogP contribution is 2.37. The van der Waals surface area contributed by atoms with Crippen molar-refractivity contribution in [1.82, 2.24) is 4.90 Å². The number of amides is 3. The van der Waals surface area contributed by atoms with Gasteiger partial charge in [-0.2, -0.15) is 0 Å². The lowest BCUT2D eigenvalue weighted by Crippen LogP contribution is -2.36. The third kappa shape index (κ3) is 7.05. The number of carbonyl (C=O) groups excluding carboxylic acids is 4. The van der Waals surface area contributed by atoms with Crippen LogP contribution in [0.1, 0.15) is 29.8 Å². The van der Waals surface area contributed by atoms with Crippen molar-refractivity contribution in [3.05, 3.63) is 57.5 Å². The minimum absolute atomic E-state index is 0.00714. The summed E-state index contributed by atoms with van der Waals surface area (Å²) < 4.78 is 15.8. The van der Waals surface area contributed by atoms with E-state index in [2.05, 4.69) is 5.32 Å². The smallest absolute Gasteiger partial charge is 0.341 e. The fourth-order valence-corrected chi connectivity index (χ4v) is 4.32. The Balaban J connectivity index is 1.77. The number of benzene rings is 2. The van der Waals surface area contributed by atoms with Gasteiger partial charge < -0.3 is 24.6 Å². The molecule has 0 bridgehead atoms. The first-order valence-corrected chi connectivity index (χ1v) is 12.5. The van der Waals surface area contributed by atoms with Gasteiger partial charge in [0, 0.05) is 11.3 Å². The van der Waals surface area contributed by atoms with Crippen LogP contribution in [-0.4, -0.2) is 65.4 Å². The lowest BCUT2D eigenvalue weighted by molar-refractivity contribution is -0.139. The zero-order chi connectivity index (χ0) is 27.8. The van der Waals surface area contributed by atoms with E-state index in [1.165, 1.54) is 24.3 Å². The van der Waals surface area contributed by atoms with Crippen LogP contribution in [0.3, 0.4) is 0 Å². The molecule has 0 radical (unpaired) electrons. The number of carboxylic acids is 1. The summed E-state index contributed by atoms with van der Waals surface area (Å²) in [5.74, 6) is -2.90. The Labute approximate surface area is 226 Å². The van der Waals surface area contributed by atoms with E-state index < -0.39 is 42.1 Å². The molecule has 0 aromatic heterocycles.